The molecule has 0 aliphatic heterocycles. The first kappa shape index (κ1) is 21.9. The molecule has 0 saturated heterocycles. The van der Waals surface area contributed by atoms with Crippen LogP contribution in [-0.2, 0) is 19.1 Å². The number of esters is 1. The van der Waals surface area contributed by atoms with Gasteiger partial charge in [-0.05, 0) is 75.3 Å². The average Bonchev–Trinajstić information content (AvgIpc) is 3.54. The predicted molar refractivity (Wildman–Crippen MR) is 120 cm³/mol. The molecule has 5 saturated carbocycles. The molecule has 0 spiro atoms. The van der Waals surface area contributed by atoms with Crippen LogP contribution in [0.4, 0.5) is 5.69 Å². The summed E-state index contributed by atoms with van der Waals surface area (Å²) in [5, 5.41) is 8.77. The van der Waals surface area contributed by atoms with E-state index in [4.69, 9.17) is 4.74 Å². The van der Waals surface area contributed by atoms with Crippen molar-refractivity contribution in [1.29, 1.82) is 0 Å². The molecule has 0 aromatic heterocycles. The van der Waals surface area contributed by atoms with Crippen LogP contribution >= 0.6 is 0 Å². The number of ether oxygens (including phenoxy) is 1. The van der Waals surface area contributed by atoms with Gasteiger partial charge in [0.15, 0.2) is 6.61 Å². The zero-order valence-electron chi connectivity index (χ0n) is 18.9. The van der Waals surface area contributed by atoms with Gasteiger partial charge in [-0.3, -0.25) is 19.2 Å². The van der Waals surface area contributed by atoms with Crippen molar-refractivity contribution in [2.45, 2.75) is 69.9 Å². The summed E-state index contributed by atoms with van der Waals surface area (Å²) in [7, 11) is 0. The van der Waals surface area contributed by atoms with Crippen molar-refractivity contribution < 1.29 is 23.9 Å². The molecule has 0 heterocycles. The Kier molecular flexibility index (Phi) is 5.41. The molecule has 5 aliphatic rings. The largest absolute Gasteiger partial charge is 0.455 e. The minimum atomic E-state index is -0.630. The number of anilines is 1. The lowest BCUT2D eigenvalue weighted by molar-refractivity contribution is -0.176. The molecule has 1 aromatic carbocycles. The zero-order chi connectivity index (χ0) is 23.2. The Morgan fingerprint density at radius 1 is 1.03 bits per heavy atom. The van der Waals surface area contributed by atoms with Crippen LogP contribution in [0.1, 0.15) is 68.6 Å². The third-order valence-corrected chi connectivity index (χ3v) is 7.63. The monoisotopic (exact) mass is 453 g/mol. The second-order valence-corrected chi connectivity index (χ2v) is 10.6. The second kappa shape index (κ2) is 8.15. The number of para-hydroxylation sites is 1. The van der Waals surface area contributed by atoms with Gasteiger partial charge in [0.2, 0.25) is 5.91 Å². The number of nitrogens with one attached hydrogen (secondary N) is 3. The normalized spacial score (nSPS) is 31.5. The molecule has 2 unspecified atom stereocenters. The van der Waals surface area contributed by atoms with Crippen molar-refractivity contribution >= 4 is 29.4 Å². The Morgan fingerprint density at radius 3 is 2.39 bits per heavy atom. The van der Waals surface area contributed by atoms with E-state index < -0.39 is 17.9 Å². The topological polar surface area (TPSA) is 114 Å². The van der Waals surface area contributed by atoms with Gasteiger partial charge in [0.1, 0.15) is 0 Å². The molecule has 3 amide bonds. The molecule has 5 aliphatic carbocycles. The summed E-state index contributed by atoms with van der Waals surface area (Å²) >= 11 is 0. The summed E-state index contributed by atoms with van der Waals surface area (Å²) in [5.74, 6) is -0.309. The molecule has 8 heteroatoms. The number of amides is 3. The maximum atomic E-state index is 13.2. The van der Waals surface area contributed by atoms with E-state index in [0.29, 0.717) is 29.5 Å². The predicted octanol–water partition coefficient (Wildman–Crippen LogP) is 2.54. The van der Waals surface area contributed by atoms with Crippen molar-refractivity contribution in [3.8, 4) is 0 Å². The van der Waals surface area contributed by atoms with Gasteiger partial charge in [-0.1, -0.05) is 12.1 Å². The van der Waals surface area contributed by atoms with E-state index in [1.165, 1.54) is 6.92 Å². The van der Waals surface area contributed by atoms with Crippen LogP contribution in [0.2, 0.25) is 0 Å². The van der Waals surface area contributed by atoms with E-state index in [2.05, 4.69) is 16.0 Å². The molecule has 5 fully saturated rings. The second-order valence-electron chi connectivity index (χ2n) is 10.6. The average molecular weight is 454 g/mol. The van der Waals surface area contributed by atoms with E-state index in [1.54, 1.807) is 24.3 Å². The summed E-state index contributed by atoms with van der Waals surface area (Å²) in [6.07, 6.45) is 6.97. The zero-order valence-corrected chi connectivity index (χ0v) is 18.9. The summed E-state index contributed by atoms with van der Waals surface area (Å²) in [4.78, 5) is 50.1. The van der Waals surface area contributed by atoms with E-state index in [-0.39, 0.29) is 29.4 Å². The fourth-order valence-corrected chi connectivity index (χ4v) is 6.77. The Bertz CT molecular complexity index is 988. The first-order valence-corrected chi connectivity index (χ1v) is 11.9. The lowest BCUT2D eigenvalue weighted by atomic mass is 9.47. The lowest BCUT2D eigenvalue weighted by Crippen LogP contribution is -2.64. The van der Waals surface area contributed by atoms with Gasteiger partial charge in [0.25, 0.3) is 11.8 Å². The van der Waals surface area contributed by atoms with E-state index >= 15 is 0 Å². The van der Waals surface area contributed by atoms with Crippen molar-refractivity contribution in [3.63, 3.8) is 0 Å². The van der Waals surface area contributed by atoms with Crippen molar-refractivity contribution in [1.82, 2.24) is 10.6 Å². The van der Waals surface area contributed by atoms with E-state index in [9.17, 15) is 19.2 Å². The highest BCUT2D eigenvalue weighted by Gasteiger charge is 2.61. The van der Waals surface area contributed by atoms with E-state index in [1.807, 2.05) is 0 Å². The van der Waals surface area contributed by atoms with Crippen molar-refractivity contribution in [2.75, 3.05) is 11.9 Å². The van der Waals surface area contributed by atoms with Crippen molar-refractivity contribution in [2.24, 2.45) is 17.3 Å². The number of benzene rings is 1. The number of carbonyl (C=O) groups excluding carboxylic acids is 4. The van der Waals surface area contributed by atoms with Crippen LogP contribution in [-0.4, -0.2) is 41.9 Å². The Morgan fingerprint density at radius 2 is 1.73 bits per heavy atom. The summed E-state index contributed by atoms with van der Waals surface area (Å²) in [6, 6.07) is 7.03. The first-order chi connectivity index (χ1) is 15.8. The Hall–Kier alpha value is -2.90. The molecule has 3 N–H and O–H groups in total. The van der Waals surface area contributed by atoms with Crippen molar-refractivity contribution in [3.05, 3.63) is 29.8 Å². The fourth-order valence-electron chi connectivity index (χ4n) is 6.77. The Labute approximate surface area is 193 Å². The molecule has 6 rings (SSSR count). The maximum Gasteiger partial charge on any atom is 0.312 e. The van der Waals surface area contributed by atoms with Crippen LogP contribution in [0.15, 0.2) is 24.3 Å². The number of carbonyl (C=O) groups is 4. The minimum absolute atomic E-state index is 0.0655. The molecule has 0 radical (unpaired) electrons. The van der Waals surface area contributed by atoms with Gasteiger partial charge >= 0.3 is 5.97 Å². The highest BCUT2D eigenvalue weighted by molar-refractivity contribution is 6.04. The van der Waals surface area contributed by atoms with Crippen LogP contribution in [0.5, 0.6) is 0 Å². The molecule has 176 valence electrons. The van der Waals surface area contributed by atoms with Crippen LogP contribution in [0.25, 0.3) is 0 Å². The van der Waals surface area contributed by atoms with Gasteiger partial charge in [-0.2, -0.15) is 0 Å². The first-order valence-electron chi connectivity index (χ1n) is 11.9. The fraction of sp³-hybridized carbons (Fsp3) is 0.600. The number of hydrogen-bond donors (Lipinski definition) is 3. The molecular formula is C25H31N3O5. The van der Waals surface area contributed by atoms with Gasteiger partial charge in [0, 0.05) is 18.5 Å². The van der Waals surface area contributed by atoms with Crippen LogP contribution in [0, 0.1) is 17.3 Å². The summed E-state index contributed by atoms with van der Waals surface area (Å²) in [6.45, 7) is 1.12. The van der Waals surface area contributed by atoms with Gasteiger partial charge in [-0.15, -0.1) is 0 Å². The van der Waals surface area contributed by atoms with Gasteiger partial charge in [-0.25, -0.2) is 0 Å². The van der Waals surface area contributed by atoms with Gasteiger partial charge in [0.05, 0.1) is 16.7 Å². The minimum Gasteiger partial charge on any atom is -0.455 e. The standard InChI is InChI=1S/C25H31N3O5/c1-15(29)28-25-11-16-8-17(12-25)10-24(9-16,14-25)23(32)33-13-21(30)27-20-5-3-2-4-19(20)22(31)26-18-6-7-18/h2-5,16-18H,6-14H2,1H3,(H,26,31)(H,27,30)(H,28,29). The number of rotatable bonds is 7. The summed E-state index contributed by atoms with van der Waals surface area (Å²) < 4.78 is 5.52. The molecule has 2 atom stereocenters. The van der Waals surface area contributed by atoms with Gasteiger partial charge < -0.3 is 20.7 Å². The number of hydrogen-bond acceptors (Lipinski definition) is 5. The molecule has 8 nitrogen and oxygen atoms in total. The third kappa shape index (κ3) is 4.48. The molecular weight excluding hydrogens is 422 g/mol. The highest BCUT2D eigenvalue weighted by atomic mass is 16.5. The van der Waals surface area contributed by atoms with E-state index in [0.717, 1.165) is 44.9 Å². The summed E-state index contributed by atoms with van der Waals surface area (Å²) in [5.41, 5.74) is -0.168. The highest BCUT2D eigenvalue weighted by Crippen LogP contribution is 2.62. The van der Waals surface area contributed by atoms with Crippen LogP contribution < -0.4 is 16.0 Å². The molecule has 33 heavy (non-hydrogen) atoms. The molecule has 1 aromatic rings. The third-order valence-electron chi connectivity index (χ3n) is 7.63. The Balaban J connectivity index is 1.22. The lowest BCUT2D eigenvalue weighted by Gasteiger charge is -2.60. The van der Waals surface area contributed by atoms with Crippen LogP contribution in [0.3, 0.4) is 0 Å². The maximum absolute atomic E-state index is 13.2. The smallest absolute Gasteiger partial charge is 0.312 e. The molecule has 4 bridgehead atoms. The SMILES string of the molecule is CC(=O)NC12CC3CC(C1)CC(C(=O)OCC(=O)Nc1ccccc1C(=O)NC1CC1)(C3)C2. The quantitative estimate of drug-likeness (QED) is 0.549.